The zero-order valence-electron chi connectivity index (χ0n) is 21.7. The zero-order valence-corrected chi connectivity index (χ0v) is 22.5. The van der Waals surface area contributed by atoms with Crippen molar-refractivity contribution in [2.45, 2.75) is 0 Å². The Morgan fingerprint density at radius 2 is 1.68 bits per heavy atom. The summed E-state index contributed by atoms with van der Waals surface area (Å²) in [5, 5.41) is 22.4. The molecule has 1 fully saturated rings. The van der Waals surface area contributed by atoms with Crippen LogP contribution in [0, 0.1) is 17.1 Å². The van der Waals surface area contributed by atoms with Crippen molar-refractivity contribution >= 4 is 34.7 Å². The molecule has 40 heavy (non-hydrogen) atoms. The molecule has 10 heteroatoms. The van der Waals surface area contributed by atoms with Crippen molar-refractivity contribution < 1.29 is 13.9 Å². The minimum atomic E-state index is -0.314. The molecule has 4 aromatic rings. The fourth-order valence-electron chi connectivity index (χ4n) is 4.72. The first kappa shape index (κ1) is 25.7. The van der Waals surface area contributed by atoms with E-state index in [1.165, 1.54) is 23.9 Å². The van der Waals surface area contributed by atoms with Gasteiger partial charge >= 0.3 is 0 Å². The van der Waals surface area contributed by atoms with Gasteiger partial charge in [-0.1, -0.05) is 30.0 Å². The molecule has 0 aliphatic carbocycles. The summed E-state index contributed by atoms with van der Waals surface area (Å²) < 4.78 is 26.6. The van der Waals surface area contributed by atoms with Gasteiger partial charge in [0, 0.05) is 24.2 Å². The normalized spacial score (nSPS) is 16.5. The van der Waals surface area contributed by atoms with E-state index in [1.807, 2.05) is 69.5 Å². The maximum absolute atomic E-state index is 13.8. The number of ether oxygens (including phenoxy) is 2. The number of hydrogen-bond acceptors (Lipinski definition) is 8. The number of nitriles is 1. The van der Waals surface area contributed by atoms with Gasteiger partial charge in [0.15, 0.2) is 5.82 Å². The fraction of sp³-hybridized carbons (Fsp3) is 0.167. The van der Waals surface area contributed by atoms with Gasteiger partial charge in [0.05, 0.1) is 31.7 Å². The van der Waals surface area contributed by atoms with Crippen LogP contribution in [0.25, 0.3) is 17.0 Å². The summed E-state index contributed by atoms with van der Waals surface area (Å²) in [6.45, 7) is 2.53. The second-order valence-electron chi connectivity index (χ2n) is 9.05. The van der Waals surface area contributed by atoms with E-state index in [4.69, 9.17) is 9.47 Å². The molecule has 0 amide bonds. The van der Waals surface area contributed by atoms with E-state index in [2.05, 4.69) is 21.2 Å². The number of rotatable bonds is 6. The van der Waals surface area contributed by atoms with Crippen LogP contribution in [0.4, 0.5) is 16.0 Å². The molecular formula is C30H25FN6O2S. The Kier molecular flexibility index (Phi) is 7.23. The van der Waals surface area contributed by atoms with Crippen LogP contribution in [0.1, 0.15) is 11.4 Å². The first-order valence-corrected chi connectivity index (χ1v) is 13.6. The van der Waals surface area contributed by atoms with Crippen LogP contribution in [-0.4, -0.2) is 48.2 Å². The number of thioether (sulfide) groups is 1. The average molecular weight is 553 g/mol. The highest BCUT2D eigenvalue weighted by molar-refractivity contribution is 8.06. The van der Waals surface area contributed by atoms with E-state index in [9.17, 15) is 9.65 Å². The molecule has 3 aromatic carbocycles. The van der Waals surface area contributed by atoms with Gasteiger partial charge in [0.2, 0.25) is 5.95 Å². The predicted octanol–water partition coefficient (Wildman–Crippen LogP) is 5.70. The third-order valence-electron chi connectivity index (χ3n) is 6.70. The van der Waals surface area contributed by atoms with E-state index in [0.29, 0.717) is 54.4 Å². The molecule has 0 N–H and O–H groups in total. The smallest absolute Gasteiger partial charge is 0.232 e. The van der Waals surface area contributed by atoms with E-state index >= 15 is 0 Å². The van der Waals surface area contributed by atoms with Gasteiger partial charge in [-0.05, 0) is 66.2 Å². The first-order valence-electron chi connectivity index (χ1n) is 12.7. The van der Waals surface area contributed by atoms with Crippen LogP contribution in [-0.2, 0) is 4.74 Å². The molecule has 2 aliphatic heterocycles. The summed E-state index contributed by atoms with van der Waals surface area (Å²) in [4.78, 5) is 4.12. The number of anilines is 2. The molecule has 6 rings (SSSR count). The van der Waals surface area contributed by atoms with Gasteiger partial charge in [-0.2, -0.15) is 5.26 Å². The summed E-state index contributed by atoms with van der Waals surface area (Å²) in [6, 6.07) is 26.1. The summed E-state index contributed by atoms with van der Waals surface area (Å²) in [5.41, 5.74) is 3.67. The predicted molar refractivity (Wildman–Crippen MR) is 154 cm³/mol. The van der Waals surface area contributed by atoms with Crippen molar-refractivity contribution in [3.8, 4) is 17.5 Å². The van der Waals surface area contributed by atoms with Gasteiger partial charge in [0.1, 0.15) is 28.2 Å². The van der Waals surface area contributed by atoms with Crippen LogP contribution in [0.5, 0.6) is 5.75 Å². The highest BCUT2D eigenvalue weighted by atomic mass is 32.2. The Bertz CT molecular complexity index is 1600. The minimum Gasteiger partial charge on any atom is -0.497 e. The van der Waals surface area contributed by atoms with Crippen LogP contribution in [0.2, 0.25) is 0 Å². The number of nitrogens with zero attached hydrogens (tertiary/aromatic N) is 6. The number of aromatic nitrogens is 3. The maximum Gasteiger partial charge on any atom is 0.232 e. The number of para-hydroxylation sites is 1. The lowest BCUT2D eigenvalue weighted by atomic mass is 10.1. The molecule has 0 saturated carbocycles. The second-order valence-corrected chi connectivity index (χ2v) is 9.91. The van der Waals surface area contributed by atoms with E-state index in [0.717, 1.165) is 22.6 Å². The standard InChI is InChI=1S/C30H25FN6O2S/c1-38-25-13-11-24(12-14-25)36-27(21-7-9-22(31)10-8-21)20-40-29(36)26(19-32)28-33-34-30(35-15-17-39-18-16-35)37(28)23-5-3-2-4-6-23/h2-14,20H,15-18H2,1H3/b29-26+. The van der Waals surface area contributed by atoms with Crippen molar-refractivity contribution in [3.63, 3.8) is 0 Å². The lowest BCUT2D eigenvalue weighted by Gasteiger charge is -2.28. The molecule has 3 heterocycles. The highest BCUT2D eigenvalue weighted by Gasteiger charge is 2.32. The summed E-state index contributed by atoms with van der Waals surface area (Å²) in [5.74, 6) is 1.49. The fourth-order valence-corrected chi connectivity index (χ4v) is 5.75. The summed E-state index contributed by atoms with van der Waals surface area (Å²) >= 11 is 1.42. The molecule has 0 unspecified atom stereocenters. The lowest BCUT2D eigenvalue weighted by molar-refractivity contribution is 0.122. The van der Waals surface area contributed by atoms with E-state index < -0.39 is 0 Å². The molecule has 8 nitrogen and oxygen atoms in total. The number of allylic oxidation sites excluding steroid dienone is 1. The number of methoxy groups -OCH3 is 1. The van der Waals surface area contributed by atoms with Crippen LogP contribution in [0.15, 0.2) is 89.3 Å². The molecule has 0 spiro atoms. The molecular weight excluding hydrogens is 527 g/mol. The molecule has 1 aromatic heterocycles. The maximum atomic E-state index is 13.8. The SMILES string of the molecule is COc1ccc(N2C(c3ccc(F)cc3)=CS/C2=C(\C#N)c2nnc(N3CCOCC3)n2-c2ccccc2)cc1. The number of halogens is 1. The van der Waals surface area contributed by atoms with Crippen molar-refractivity contribution in [1.29, 1.82) is 5.26 Å². The van der Waals surface area contributed by atoms with Gasteiger partial charge in [-0.3, -0.25) is 4.57 Å². The molecule has 0 bridgehead atoms. The van der Waals surface area contributed by atoms with Crippen molar-refractivity contribution in [1.82, 2.24) is 14.8 Å². The van der Waals surface area contributed by atoms with Crippen LogP contribution < -0.4 is 14.5 Å². The Morgan fingerprint density at radius 1 is 0.950 bits per heavy atom. The Balaban J connectivity index is 1.53. The zero-order chi connectivity index (χ0) is 27.5. The van der Waals surface area contributed by atoms with E-state index in [-0.39, 0.29) is 5.82 Å². The van der Waals surface area contributed by atoms with Gasteiger partial charge < -0.3 is 19.3 Å². The number of morpholine rings is 1. The second kappa shape index (κ2) is 11.3. The largest absolute Gasteiger partial charge is 0.497 e. The molecule has 1 saturated heterocycles. The molecule has 0 atom stereocenters. The van der Waals surface area contributed by atoms with Gasteiger partial charge in [-0.25, -0.2) is 4.39 Å². The lowest BCUT2D eigenvalue weighted by Crippen LogP contribution is -2.38. The number of benzene rings is 3. The highest BCUT2D eigenvalue weighted by Crippen LogP contribution is 2.46. The summed E-state index contributed by atoms with van der Waals surface area (Å²) in [6.07, 6.45) is 0. The van der Waals surface area contributed by atoms with Crippen molar-refractivity contribution in [3.05, 3.63) is 107 Å². The Hall–Kier alpha value is -4.59. The monoisotopic (exact) mass is 552 g/mol. The topological polar surface area (TPSA) is 79.4 Å². The van der Waals surface area contributed by atoms with Crippen molar-refractivity contribution in [2.24, 2.45) is 0 Å². The minimum absolute atomic E-state index is 0.314. The first-order chi connectivity index (χ1) is 19.7. The molecule has 2 aliphatic rings. The third-order valence-corrected chi connectivity index (χ3v) is 7.65. The number of hydrogen-bond donors (Lipinski definition) is 0. The van der Waals surface area contributed by atoms with Crippen LogP contribution in [0.3, 0.4) is 0 Å². The average Bonchev–Trinajstić information content (AvgIpc) is 3.65. The molecule has 0 radical (unpaired) electrons. The summed E-state index contributed by atoms with van der Waals surface area (Å²) in [7, 11) is 1.62. The van der Waals surface area contributed by atoms with Crippen molar-refractivity contribution in [2.75, 3.05) is 43.2 Å². The molecule has 200 valence electrons. The van der Waals surface area contributed by atoms with Crippen LogP contribution >= 0.6 is 11.8 Å². The quantitative estimate of drug-likeness (QED) is 0.282. The van der Waals surface area contributed by atoms with E-state index in [1.54, 1.807) is 19.2 Å². The third kappa shape index (κ3) is 4.81. The Labute approximate surface area is 235 Å². The van der Waals surface area contributed by atoms with Gasteiger partial charge in [0.25, 0.3) is 0 Å². The Morgan fingerprint density at radius 3 is 2.35 bits per heavy atom. The van der Waals surface area contributed by atoms with Gasteiger partial charge in [-0.15, -0.1) is 10.2 Å².